The van der Waals surface area contributed by atoms with Crippen LogP contribution in [0.1, 0.15) is 82.7 Å². The number of hydrogen-bond acceptors (Lipinski definition) is 3. The van der Waals surface area contributed by atoms with Gasteiger partial charge in [0, 0.05) is 24.2 Å². The molecule has 2 rings (SSSR count). The molecular formula is C17H29N3. The van der Waals surface area contributed by atoms with E-state index in [1.54, 1.807) is 0 Å². The minimum Gasteiger partial charge on any atom is -0.370 e. The summed E-state index contributed by atoms with van der Waals surface area (Å²) in [5, 5.41) is 3.43. The fourth-order valence-corrected chi connectivity index (χ4v) is 2.94. The lowest BCUT2D eigenvalue weighted by Gasteiger charge is -2.19. The second kappa shape index (κ2) is 8.23. The van der Waals surface area contributed by atoms with Crippen molar-refractivity contribution in [3.05, 3.63) is 17.6 Å². The monoisotopic (exact) mass is 275 g/mol. The van der Waals surface area contributed by atoms with Gasteiger partial charge in [-0.15, -0.1) is 0 Å². The van der Waals surface area contributed by atoms with Crippen LogP contribution in [0.5, 0.6) is 0 Å². The van der Waals surface area contributed by atoms with Crippen LogP contribution in [-0.2, 0) is 6.42 Å². The van der Waals surface area contributed by atoms with Gasteiger partial charge in [0.05, 0.1) is 0 Å². The van der Waals surface area contributed by atoms with Crippen molar-refractivity contribution in [2.24, 2.45) is 0 Å². The van der Waals surface area contributed by atoms with Gasteiger partial charge >= 0.3 is 0 Å². The Morgan fingerprint density at radius 3 is 2.40 bits per heavy atom. The summed E-state index contributed by atoms with van der Waals surface area (Å²) < 4.78 is 0. The summed E-state index contributed by atoms with van der Waals surface area (Å²) in [5.74, 6) is 2.68. The van der Waals surface area contributed by atoms with Crippen LogP contribution in [0, 0.1) is 0 Å². The van der Waals surface area contributed by atoms with Gasteiger partial charge in [-0.2, -0.15) is 0 Å². The molecule has 0 bridgehead atoms. The first kappa shape index (κ1) is 15.3. The maximum atomic E-state index is 4.80. The molecule has 1 saturated carbocycles. The second-order valence-electron chi connectivity index (χ2n) is 5.93. The average Bonchev–Trinajstić information content (AvgIpc) is 2.44. The third kappa shape index (κ3) is 4.46. The number of aryl methyl sites for hydroxylation is 1. The third-order valence-corrected chi connectivity index (χ3v) is 4.19. The number of rotatable bonds is 5. The highest BCUT2D eigenvalue weighted by Gasteiger charge is 2.17. The molecule has 1 aromatic heterocycles. The molecule has 0 aromatic carbocycles. The molecule has 3 heteroatoms. The summed E-state index contributed by atoms with van der Waals surface area (Å²) in [7, 11) is 0. The molecule has 3 nitrogen and oxygen atoms in total. The Morgan fingerprint density at radius 1 is 1.05 bits per heavy atom. The van der Waals surface area contributed by atoms with Crippen molar-refractivity contribution in [3.63, 3.8) is 0 Å². The standard InChI is InChI=1S/C17H29N3/c1-3-12-18-16-13-15(4-2)19-17(20-16)14-10-8-6-5-7-9-11-14/h13-14H,3-12H2,1-2H3,(H,18,19,20). The Kier molecular flexibility index (Phi) is 6.28. The Labute approximate surface area is 123 Å². The van der Waals surface area contributed by atoms with Crippen molar-refractivity contribution in [3.8, 4) is 0 Å². The molecule has 0 spiro atoms. The number of nitrogens with one attached hydrogen (secondary N) is 1. The largest absolute Gasteiger partial charge is 0.370 e. The molecule has 0 amide bonds. The van der Waals surface area contributed by atoms with E-state index in [1.807, 2.05) is 0 Å². The highest BCUT2D eigenvalue weighted by atomic mass is 15.0. The molecular weight excluding hydrogens is 246 g/mol. The van der Waals surface area contributed by atoms with E-state index in [2.05, 4.69) is 25.2 Å². The zero-order valence-corrected chi connectivity index (χ0v) is 13.1. The van der Waals surface area contributed by atoms with Crippen LogP contribution in [0.2, 0.25) is 0 Å². The van der Waals surface area contributed by atoms with Gasteiger partial charge in [-0.25, -0.2) is 9.97 Å². The quantitative estimate of drug-likeness (QED) is 0.847. The molecule has 0 radical (unpaired) electrons. The first-order chi connectivity index (χ1) is 9.83. The molecule has 1 aliphatic rings. The zero-order chi connectivity index (χ0) is 14.2. The predicted octanol–water partition coefficient (Wildman–Crippen LogP) is 4.69. The van der Waals surface area contributed by atoms with Crippen molar-refractivity contribution >= 4 is 5.82 Å². The molecule has 1 aromatic rings. The van der Waals surface area contributed by atoms with Crippen LogP contribution in [0.25, 0.3) is 0 Å². The lowest BCUT2D eigenvalue weighted by Crippen LogP contribution is -2.11. The normalized spacial score (nSPS) is 17.5. The Morgan fingerprint density at radius 2 is 1.75 bits per heavy atom. The topological polar surface area (TPSA) is 37.8 Å². The highest BCUT2D eigenvalue weighted by Crippen LogP contribution is 2.29. The van der Waals surface area contributed by atoms with E-state index < -0.39 is 0 Å². The summed E-state index contributed by atoms with van der Waals surface area (Å²) >= 11 is 0. The van der Waals surface area contributed by atoms with E-state index in [4.69, 9.17) is 9.97 Å². The SMILES string of the molecule is CCCNc1cc(CC)nc(C2CCCCCCC2)n1. The van der Waals surface area contributed by atoms with Gasteiger partial charge in [-0.1, -0.05) is 46.0 Å². The molecule has 20 heavy (non-hydrogen) atoms. The lowest BCUT2D eigenvalue weighted by molar-refractivity contribution is 0.441. The van der Waals surface area contributed by atoms with Gasteiger partial charge in [-0.3, -0.25) is 0 Å². The van der Waals surface area contributed by atoms with Crippen LogP contribution in [0.15, 0.2) is 6.07 Å². The molecule has 1 heterocycles. The Bertz CT molecular complexity index is 395. The fraction of sp³-hybridized carbons (Fsp3) is 0.765. The van der Waals surface area contributed by atoms with Gasteiger partial charge < -0.3 is 5.32 Å². The van der Waals surface area contributed by atoms with Gasteiger partial charge in [-0.05, 0) is 25.7 Å². The van der Waals surface area contributed by atoms with E-state index in [1.165, 1.54) is 50.6 Å². The maximum absolute atomic E-state index is 4.80. The summed E-state index contributed by atoms with van der Waals surface area (Å²) in [5.41, 5.74) is 1.18. The number of hydrogen-bond donors (Lipinski definition) is 1. The summed E-state index contributed by atoms with van der Waals surface area (Å²) in [6.07, 6.45) is 11.5. The first-order valence-corrected chi connectivity index (χ1v) is 8.45. The first-order valence-electron chi connectivity index (χ1n) is 8.45. The summed E-state index contributed by atoms with van der Waals surface area (Å²) in [6, 6.07) is 2.11. The van der Waals surface area contributed by atoms with Crippen LogP contribution in [0.3, 0.4) is 0 Å². The Hall–Kier alpha value is -1.12. The minimum absolute atomic E-state index is 0.573. The number of anilines is 1. The van der Waals surface area contributed by atoms with Crippen molar-refractivity contribution < 1.29 is 0 Å². The zero-order valence-electron chi connectivity index (χ0n) is 13.1. The van der Waals surface area contributed by atoms with Crippen molar-refractivity contribution in [1.82, 2.24) is 9.97 Å². The van der Waals surface area contributed by atoms with E-state index in [0.29, 0.717) is 5.92 Å². The van der Waals surface area contributed by atoms with Crippen LogP contribution < -0.4 is 5.32 Å². The van der Waals surface area contributed by atoms with Crippen LogP contribution >= 0.6 is 0 Å². The van der Waals surface area contributed by atoms with Crippen LogP contribution in [0.4, 0.5) is 5.82 Å². The van der Waals surface area contributed by atoms with Crippen molar-refractivity contribution in [1.29, 1.82) is 0 Å². The van der Waals surface area contributed by atoms with Gasteiger partial charge in [0.25, 0.3) is 0 Å². The number of nitrogens with zero attached hydrogens (tertiary/aromatic N) is 2. The van der Waals surface area contributed by atoms with E-state index in [0.717, 1.165) is 31.0 Å². The maximum Gasteiger partial charge on any atom is 0.134 e. The van der Waals surface area contributed by atoms with E-state index in [-0.39, 0.29) is 0 Å². The van der Waals surface area contributed by atoms with Crippen LogP contribution in [-0.4, -0.2) is 16.5 Å². The summed E-state index contributed by atoms with van der Waals surface area (Å²) in [4.78, 5) is 9.60. The molecule has 0 unspecified atom stereocenters. The van der Waals surface area contributed by atoms with Gasteiger partial charge in [0.1, 0.15) is 11.6 Å². The lowest BCUT2D eigenvalue weighted by atomic mass is 9.90. The third-order valence-electron chi connectivity index (χ3n) is 4.19. The minimum atomic E-state index is 0.573. The van der Waals surface area contributed by atoms with Gasteiger partial charge in [0.15, 0.2) is 0 Å². The highest BCUT2D eigenvalue weighted by molar-refractivity contribution is 5.36. The molecule has 112 valence electrons. The number of aromatic nitrogens is 2. The Balaban J connectivity index is 2.14. The van der Waals surface area contributed by atoms with E-state index in [9.17, 15) is 0 Å². The van der Waals surface area contributed by atoms with E-state index >= 15 is 0 Å². The predicted molar refractivity (Wildman–Crippen MR) is 85.3 cm³/mol. The summed E-state index contributed by atoms with van der Waals surface area (Å²) in [6.45, 7) is 5.35. The molecule has 1 aliphatic carbocycles. The van der Waals surface area contributed by atoms with Gasteiger partial charge in [0.2, 0.25) is 0 Å². The molecule has 0 atom stereocenters. The fourth-order valence-electron chi connectivity index (χ4n) is 2.94. The molecule has 1 fully saturated rings. The smallest absolute Gasteiger partial charge is 0.134 e. The molecule has 1 N–H and O–H groups in total. The van der Waals surface area contributed by atoms with Crippen molar-refractivity contribution in [2.45, 2.75) is 77.6 Å². The second-order valence-corrected chi connectivity index (χ2v) is 5.93. The molecule has 0 aliphatic heterocycles. The average molecular weight is 275 g/mol. The van der Waals surface area contributed by atoms with Crippen molar-refractivity contribution in [2.75, 3.05) is 11.9 Å². The molecule has 0 saturated heterocycles.